The third-order valence-electron chi connectivity index (χ3n) is 4.43. The molecule has 148 valence electrons. The molecule has 1 aliphatic heterocycles. The van der Waals surface area contributed by atoms with Gasteiger partial charge in [-0.05, 0) is 31.3 Å². The molecular weight excluding hydrogens is 378 g/mol. The van der Waals surface area contributed by atoms with E-state index < -0.39 is 22.5 Å². The van der Waals surface area contributed by atoms with Crippen LogP contribution in [0, 0.1) is 0 Å². The van der Waals surface area contributed by atoms with Gasteiger partial charge in [-0.15, -0.1) is 0 Å². The molecule has 0 bridgehead atoms. The molecule has 1 aromatic heterocycles. The number of rotatable bonds is 6. The molecule has 2 heterocycles. The van der Waals surface area contributed by atoms with Crippen LogP contribution in [-0.2, 0) is 14.8 Å². The van der Waals surface area contributed by atoms with Crippen LogP contribution in [0.5, 0.6) is 0 Å². The van der Waals surface area contributed by atoms with Crippen LogP contribution in [0.4, 0.5) is 5.82 Å². The van der Waals surface area contributed by atoms with Crippen LogP contribution in [0.2, 0.25) is 0 Å². The van der Waals surface area contributed by atoms with E-state index in [2.05, 4.69) is 20.4 Å². The average molecular weight is 401 g/mol. The molecule has 0 radical (unpaired) electrons. The molecule has 1 fully saturated rings. The van der Waals surface area contributed by atoms with E-state index in [1.165, 1.54) is 18.3 Å². The van der Waals surface area contributed by atoms with Gasteiger partial charge in [0.25, 0.3) is 15.9 Å². The van der Waals surface area contributed by atoms with Gasteiger partial charge >= 0.3 is 0 Å². The van der Waals surface area contributed by atoms with Gasteiger partial charge in [0.05, 0.1) is 4.90 Å². The van der Waals surface area contributed by atoms with Gasteiger partial charge < -0.3 is 4.90 Å². The number of pyridine rings is 1. The lowest BCUT2D eigenvalue weighted by atomic mass is 10.1. The summed E-state index contributed by atoms with van der Waals surface area (Å²) >= 11 is 0. The molecular formula is C19H23N5O3S. The zero-order valence-corrected chi connectivity index (χ0v) is 16.5. The Hall–Kier alpha value is -2.78. The highest BCUT2D eigenvalue weighted by Gasteiger charge is 2.28. The Bertz CT molecular complexity index is 923. The first-order chi connectivity index (χ1) is 13.5. The van der Waals surface area contributed by atoms with Gasteiger partial charge in [-0.25, -0.2) is 23.1 Å². The molecule has 8 nitrogen and oxygen atoms in total. The average Bonchev–Trinajstić information content (AvgIpc) is 2.73. The first-order valence-corrected chi connectivity index (χ1v) is 10.4. The minimum atomic E-state index is -3.94. The van der Waals surface area contributed by atoms with E-state index >= 15 is 0 Å². The van der Waals surface area contributed by atoms with E-state index in [0.717, 1.165) is 35.9 Å². The Balaban J connectivity index is 1.79. The van der Waals surface area contributed by atoms with E-state index in [9.17, 15) is 13.2 Å². The van der Waals surface area contributed by atoms with Crippen LogP contribution in [0.1, 0.15) is 12.8 Å². The van der Waals surface area contributed by atoms with Crippen molar-refractivity contribution in [3.05, 3.63) is 54.7 Å². The summed E-state index contributed by atoms with van der Waals surface area (Å²) < 4.78 is 27.1. The van der Waals surface area contributed by atoms with Crippen molar-refractivity contribution in [1.29, 1.82) is 0 Å². The molecule has 1 N–H and O–H groups in total. The summed E-state index contributed by atoms with van der Waals surface area (Å²) in [5, 5.41) is 4.17. The number of piperidine rings is 1. The number of carbonyl (C=O) groups is 1. The van der Waals surface area contributed by atoms with E-state index in [4.69, 9.17) is 0 Å². The second-order valence-corrected chi connectivity index (χ2v) is 8.39. The maximum absolute atomic E-state index is 13.1. The minimum Gasteiger partial charge on any atom is -0.306 e. The Morgan fingerprint density at radius 1 is 1.14 bits per heavy atom. The quantitative estimate of drug-likeness (QED) is 0.740. The smallest absolute Gasteiger partial charge is 0.265 e. The van der Waals surface area contributed by atoms with Crippen LogP contribution in [0.25, 0.3) is 0 Å². The molecule has 3 rings (SSSR count). The lowest BCUT2D eigenvalue weighted by Crippen LogP contribution is -2.40. The summed E-state index contributed by atoms with van der Waals surface area (Å²) in [5.74, 6) is -0.343. The SMILES string of the molecule is CN1CCC(=NNC(=O)CN(c2ccccn2)S(=O)(=O)c2ccccc2)CC1. The van der Waals surface area contributed by atoms with Crippen molar-refractivity contribution in [2.24, 2.45) is 5.10 Å². The topological polar surface area (TPSA) is 95.0 Å². The molecule has 1 aliphatic rings. The predicted octanol–water partition coefficient (Wildman–Crippen LogP) is 1.47. The second-order valence-electron chi connectivity index (χ2n) is 6.53. The van der Waals surface area contributed by atoms with Crippen LogP contribution in [0.3, 0.4) is 0 Å². The third-order valence-corrected chi connectivity index (χ3v) is 6.19. The molecule has 1 saturated heterocycles. The second kappa shape index (κ2) is 8.94. The number of likely N-dealkylation sites (tertiary alicyclic amines) is 1. The number of nitrogens with one attached hydrogen (secondary N) is 1. The number of nitrogens with zero attached hydrogens (tertiary/aromatic N) is 4. The van der Waals surface area contributed by atoms with E-state index in [1.54, 1.807) is 36.4 Å². The zero-order chi connectivity index (χ0) is 20.0. The number of benzene rings is 1. The largest absolute Gasteiger partial charge is 0.306 e. The molecule has 2 aromatic rings. The fourth-order valence-corrected chi connectivity index (χ4v) is 4.20. The van der Waals surface area contributed by atoms with Crippen molar-refractivity contribution in [1.82, 2.24) is 15.3 Å². The number of amides is 1. The van der Waals surface area contributed by atoms with Crippen LogP contribution in [-0.4, -0.2) is 56.6 Å². The first-order valence-electron chi connectivity index (χ1n) is 8.98. The summed E-state index contributed by atoms with van der Waals surface area (Å²) in [5.41, 5.74) is 3.39. The number of hydrogen-bond acceptors (Lipinski definition) is 6. The first kappa shape index (κ1) is 20.0. The Labute approximate surface area is 164 Å². The number of carbonyl (C=O) groups excluding carboxylic acids is 1. The molecule has 0 unspecified atom stereocenters. The predicted molar refractivity (Wildman–Crippen MR) is 108 cm³/mol. The molecule has 0 spiro atoms. The Morgan fingerprint density at radius 3 is 2.46 bits per heavy atom. The van der Waals surface area contributed by atoms with E-state index in [1.807, 2.05) is 7.05 Å². The molecule has 0 aliphatic carbocycles. The van der Waals surface area contributed by atoms with Crippen molar-refractivity contribution in [3.8, 4) is 0 Å². The number of anilines is 1. The highest BCUT2D eigenvalue weighted by Crippen LogP contribution is 2.21. The van der Waals surface area contributed by atoms with Crippen molar-refractivity contribution >= 4 is 27.5 Å². The molecule has 9 heteroatoms. The molecule has 1 amide bonds. The number of hydrazone groups is 1. The monoisotopic (exact) mass is 401 g/mol. The number of aromatic nitrogens is 1. The lowest BCUT2D eigenvalue weighted by molar-refractivity contribution is -0.119. The fraction of sp³-hybridized carbons (Fsp3) is 0.316. The van der Waals surface area contributed by atoms with Crippen molar-refractivity contribution in [2.45, 2.75) is 17.7 Å². The zero-order valence-electron chi connectivity index (χ0n) is 15.7. The van der Waals surface area contributed by atoms with Crippen LogP contribution >= 0.6 is 0 Å². The fourth-order valence-electron chi connectivity index (χ4n) is 2.81. The van der Waals surface area contributed by atoms with E-state index in [-0.39, 0.29) is 10.7 Å². The van der Waals surface area contributed by atoms with Gasteiger partial charge in [-0.2, -0.15) is 5.10 Å². The summed E-state index contributed by atoms with van der Waals surface area (Å²) in [6.45, 7) is 1.36. The van der Waals surface area contributed by atoms with Crippen molar-refractivity contribution in [2.75, 3.05) is 31.0 Å². The van der Waals surface area contributed by atoms with Crippen molar-refractivity contribution < 1.29 is 13.2 Å². The summed E-state index contributed by atoms with van der Waals surface area (Å²) in [6.07, 6.45) is 3.05. The number of sulfonamides is 1. The molecule has 0 saturated carbocycles. The van der Waals surface area contributed by atoms with E-state index in [0.29, 0.717) is 0 Å². The number of hydrogen-bond donors (Lipinski definition) is 1. The van der Waals surface area contributed by atoms with Gasteiger partial charge in [0.2, 0.25) is 0 Å². The lowest BCUT2D eigenvalue weighted by Gasteiger charge is -2.24. The molecule has 1 aromatic carbocycles. The third kappa shape index (κ3) is 4.93. The normalized spacial score (nSPS) is 15.1. The van der Waals surface area contributed by atoms with Gasteiger partial charge in [0, 0.05) is 37.8 Å². The van der Waals surface area contributed by atoms with Gasteiger partial charge in [0.15, 0.2) is 0 Å². The Kier molecular flexibility index (Phi) is 6.37. The summed E-state index contributed by atoms with van der Waals surface area (Å²) in [6, 6.07) is 12.9. The van der Waals surface area contributed by atoms with Crippen LogP contribution in [0.15, 0.2) is 64.7 Å². The maximum Gasteiger partial charge on any atom is 0.265 e. The van der Waals surface area contributed by atoms with Crippen LogP contribution < -0.4 is 9.73 Å². The molecule has 28 heavy (non-hydrogen) atoms. The summed E-state index contributed by atoms with van der Waals surface area (Å²) in [4.78, 5) is 18.8. The minimum absolute atomic E-state index is 0.0927. The maximum atomic E-state index is 13.1. The van der Waals surface area contributed by atoms with Crippen molar-refractivity contribution in [3.63, 3.8) is 0 Å². The van der Waals surface area contributed by atoms with Gasteiger partial charge in [-0.3, -0.25) is 4.79 Å². The Morgan fingerprint density at radius 2 is 1.82 bits per heavy atom. The standard InChI is InChI=1S/C19H23N5O3S/c1-23-13-10-16(11-14-23)21-22-19(25)15-24(18-9-5-6-12-20-18)28(26,27)17-7-3-2-4-8-17/h2-9,12H,10-11,13-15H2,1H3,(H,22,25). The van der Waals surface area contributed by atoms with Gasteiger partial charge in [-0.1, -0.05) is 24.3 Å². The summed E-state index contributed by atoms with van der Waals surface area (Å²) in [7, 11) is -1.91. The molecule has 0 atom stereocenters. The highest BCUT2D eigenvalue weighted by atomic mass is 32.2. The highest BCUT2D eigenvalue weighted by molar-refractivity contribution is 7.92. The van der Waals surface area contributed by atoms with Gasteiger partial charge in [0.1, 0.15) is 12.4 Å².